The van der Waals surface area contributed by atoms with Crippen molar-refractivity contribution >= 4 is 33.8 Å². The highest BCUT2D eigenvalue weighted by Gasteiger charge is 2.24. The van der Waals surface area contributed by atoms with E-state index in [1.807, 2.05) is 18.2 Å². The van der Waals surface area contributed by atoms with Gasteiger partial charge in [-0.2, -0.15) is 0 Å². The van der Waals surface area contributed by atoms with Crippen molar-refractivity contribution in [2.75, 3.05) is 0 Å². The number of rotatable bonds is 0. The number of nitrogens with zero attached hydrogens (tertiary/aromatic N) is 3. The maximum Gasteiger partial charge on any atom is 0.421 e. The molecule has 0 saturated heterocycles. The van der Waals surface area contributed by atoms with Crippen LogP contribution in [0, 0.1) is 0 Å². The summed E-state index contributed by atoms with van der Waals surface area (Å²) in [5.74, 6) is 0.249. The molecular weight excluding hydrogens is 318 g/mol. The molecule has 4 rings (SSSR count). The predicted molar refractivity (Wildman–Crippen MR) is 96.1 cm³/mol. The van der Waals surface area contributed by atoms with Gasteiger partial charge in [-0.1, -0.05) is 24.3 Å². The normalized spacial score (nSPS) is 12.1. The highest BCUT2D eigenvalue weighted by molar-refractivity contribution is 5.94. The average Bonchev–Trinajstić information content (AvgIpc) is 2.88. The third-order valence-corrected chi connectivity index (χ3v) is 3.90. The number of hydrogen-bond acceptors (Lipinski definition) is 4. The zero-order chi connectivity index (χ0) is 17.8. The summed E-state index contributed by atoms with van der Waals surface area (Å²) in [6, 6.07) is 14.3. The summed E-state index contributed by atoms with van der Waals surface area (Å²) < 4.78 is 8.33. The Morgan fingerprint density at radius 3 is 2.36 bits per heavy atom. The van der Waals surface area contributed by atoms with Crippen LogP contribution in [-0.2, 0) is 4.74 Å². The predicted octanol–water partition coefficient (Wildman–Crippen LogP) is 3.59. The lowest BCUT2D eigenvalue weighted by Gasteiger charge is -2.19. The number of imidazole rings is 1. The van der Waals surface area contributed by atoms with Crippen molar-refractivity contribution in [3.8, 4) is 0 Å². The first-order valence-corrected chi connectivity index (χ1v) is 8.01. The zero-order valence-corrected chi connectivity index (χ0v) is 14.2. The number of benzene rings is 2. The second-order valence-electron chi connectivity index (χ2n) is 6.87. The second kappa shape index (κ2) is 5.17. The van der Waals surface area contributed by atoms with Gasteiger partial charge in [0.1, 0.15) is 5.60 Å². The van der Waals surface area contributed by atoms with Gasteiger partial charge in [-0.05, 0) is 45.0 Å². The van der Waals surface area contributed by atoms with Crippen LogP contribution in [0.15, 0.2) is 53.3 Å². The minimum Gasteiger partial charge on any atom is -0.443 e. The summed E-state index contributed by atoms with van der Waals surface area (Å²) in [5.41, 5.74) is 0.874. The Morgan fingerprint density at radius 1 is 1.00 bits per heavy atom. The van der Waals surface area contributed by atoms with E-state index >= 15 is 0 Å². The lowest BCUT2D eigenvalue weighted by atomic mass is 10.2. The molecule has 0 amide bonds. The Bertz CT molecular complexity index is 1200. The fourth-order valence-corrected chi connectivity index (χ4v) is 2.93. The van der Waals surface area contributed by atoms with Crippen LogP contribution in [0.5, 0.6) is 0 Å². The number of ether oxygens (including phenoxy) is 1. The number of carbonyl (C=O) groups is 1. The van der Waals surface area contributed by atoms with E-state index in [1.54, 1.807) is 51.1 Å². The molecule has 0 saturated carbocycles. The van der Waals surface area contributed by atoms with Crippen molar-refractivity contribution in [3.63, 3.8) is 0 Å². The number of fused-ring (bicyclic) bond motifs is 4. The van der Waals surface area contributed by atoms with E-state index in [0.29, 0.717) is 21.9 Å². The second-order valence-corrected chi connectivity index (χ2v) is 6.87. The molecule has 0 bridgehead atoms. The summed E-state index contributed by atoms with van der Waals surface area (Å²) >= 11 is 0. The first-order valence-electron chi connectivity index (χ1n) is 8.01. The van der Waals surface area contributed by atoms with Crippen LogP contribution >= 0.6 is 0 Å². The van der Waals surface area contributed by atoms with E-state index < -0.39 is 11.7 Å². The lowest BCUT2D eigenvalue weighted by molar-refractivity contribution is 0.0550. The van der Waals surface area contributed by atoms with Gasteiger partial charge in [0.15, 0.2) is 0 Å². The van der Waals surface area contributed by atoms with E-state index in [1.165, 1.54) is 8.97 Å². The Labute approximate surface area is 143 Å². The monoisotopic (exact) mass is 335 g/mol. The molecule has 0 spiro atoms. The summed E-state index contributed by atoms with van der Waals surface area (Å²) in [6.45, 7) is 5.40. The van der Waals surface area contributed by atoms with E-state index in [4.69, 9.17) is 4.74 Å². The van der Waals surface area contributed by atoms with Gasteiger partial charge in [0, 0.05) is 0 Å². The van der Waals surface area contributed by atoms with Gasteiger partial charge < -0.3 is 4.74 Å². The van der Waals surface area contributed by atoms with Crippen molar-refractivity contribution in [1.82, 2.24) is 14.0 Å². The molecular formula is C19H17N3O3. The minimum absolute atomic E-state index is 0.209. The molecule has 0 radical (unpaired) electrons. The molecule has 0 N–H and O–H groups in total. The highest BCUT2D eigenvalue weighted by Crippen LogP contribution is 2.22. The molecule has 126 valence electrons. The van der Waals surface area contributed by atoms with Crippen molar-refractivity contribution in [3.05, 3.63) is 58.9 Å². The topological polar surface area (TPSA) is 65.6 Å². The SMILES string of the molecule is CC(C)(C)OC(=O)n1c2ccccc2n2c(=O)c3ccccc3nc12. The fourth-order valence-electron chi connectivity index (χ4n) is 2.93. The smallest absolute Gasteiger partial charge is 0.421 e. The number of hydrogen-bond donors (Lipinski definition) is 0. The lowest BCUT2D eigenvalue weighted by Crippen LogP contribution is -2.27. The largest absolute Gasteiger partial charge is 0.443 e. The van der Waals surface area contributed by atoms with Crippen molar-refractivity contribution in [1.29, 1.82) is 0 Å². The highest BCUT2D eigenvalue weighted by atomic mass is 16.6. The van der Waals surface area contributed by atoms with E-state index in [2.05, 4.69) is 4.98 Å². The molecule has 2 aromatic heterocycles. The van der Waals surface area contributed by atoms with Crippen LogP contribution in [0.4, 0.5) is 4.79 Å². The summed E-state index contributed by atoms with van der Waals surface area (Å²) in [7, 11) is 0. The molecule has 0 atom stereocenters. The van der Waals surface area contributed by atoms with Gasteiger partial charge >= 0.3 is 6.09 Å². The first-order chi connectivity index (χ1) is 11.9. The third kappa shape index (κ3) is 2.38. The Kier molecular flexibility index (Phi) is 3.18. The standard InChI is InChI=1S/C19H17N3O3/c1-19(2,3)25-18(24)22-15-11-7-6-10-14(15)21-16(23)12-8-4-5-9-13(12)20-17(21)22/h4-11H,1-3H3. The van der Waals surface area contributed by atoms with Crippen LogP contribution in [-0.4, -0.2) is 25.6 Å². The fraction of sp³-hybridized carbons (Fsp3) is 0.211. The molecule has 2 heterocycles. The van der Waals surface area contributed by atoms with Gasteiger partial charge in [0.25, 0.3) is 5.56 Å². The van der Waals surface area contributed by atoms with Crippen LogP contribution in [0.1, 0.15) is 20.8 Å². The van der Waals surface area contributed by atoms with Gasteiger partial charge in [-0.25, -0.2) is 18.7 Å². The van der Waals surface area contributed by atoms with Crippen LogP contribution < -0.4 is 5.56 Å². The number of aromatic nitrogens is 3. The van der Waals surface area contributed by atoms with Crippen LogP contribution in [0.2, 0.25) is 0 Å². The summed E-state index contributed by atoms with van der Waals surface area (Å²) in [6.07, 6.45) is -0.562. The van der Waals surface area contributed by atoms with Crippen molar-refractivity contribution in [2.45, 2.75) is 26.4 Å². The Hall–Kier alpha value is -3.15. The number of para-hydroxylation sites is 3. The molecule has 25 heavy (non-hydrogen) atoms. The molecule has 6 heteroatoms. The molecule has 0 aliphatic heterocycles. The molecule has 0 unspecified atom stereocenters. The molecule has 0 fully saturated rings. The van der Waals surface area contributed by atoms with Crippen LogP contribution in [0.25, 0.3) is 27.7 Å². The summed E-state index contributed by atoms with van der Waals surface area (Å²) in [4.78, 5) is 30.3. The summed E-state index contributed by atoms with van der Waals surface area (Å²) in [5, 5.41) is 0.507. The Balaban J connectivity index is 2.17. The van der Waals surface area contributed by atoms with Gasteiger partial charge in [0.2, 0.25) is 5.78 Å². The third-order valence-electron chi connectivity index (χ3n) is 3.90. The first kappa shape index (κ1) is 15.4. The molecule has 0 aliphatic carbocycles. The maximum absolute atomic E-state index is 13.0. The average molecular weight is 335 g/mol. The van der Waals surface area contributed by atoms with Crippen molar-refractivity contribution in [2.24, 2.45) is 0 Å². The zero-order valence-electron chi connectivity index (χ0n) is 14.2. The maximum atomic E-state index is 13.0. The molecule has 2 aromatic carbocycles. The quantitative estimate of drug-likeness (QED) is 0.492. The van der Waals surface area contributed by atoms with Crippen molar-refractivity contribution < 1.29 is 9.53 Å². The number of carbonyl (C=O) groups excluding carboxylic acids is 1. The van der Waals surface area contributed by atoms with E-state index in [-0.39, 0.29) is 11.3 Å². The Morgan fingerprint density at radius 2 is 1.64 bits per heavy atom. The van der Waals surface area contributed by atoms with E-state index in [0.717, 1.165) is 0 Å². The van der Waals surface area contributed by atoms with Gasteiger partial charge in [-0.15, -0.1) is 0 Å². The van der Waals surface area contributed by atoms with E-state index in [9.17, 15) is 9.59 Å². The molecule has 6 nitrogen and oxygen atoms in total. The minimum atomic E-state index is -0.656. The molecule has 4 aromatic rings. The van der Waals surface area contributed by atoms with Crippen LogP contribution in [0.3, 0.4) is 0 Å². The molecule has 0 aliphatic rings. The van der Waals surface area contributed by atoms with Gasteiger partial charge in [-0.3, -0.25) is 4.79 Å². The van der Waals surface area contributed by atoms with Gasteiger partial charge in [0.05, 0.1) is 21.9 Å².